The fourth-order valence-corrected chi connectivity index (χ4v) is 3.95. The second-order valence-corrected chi connectivity index (χ2v) is 7.47. The van der Waals surface area contributed by atoms with Crippen molar-refractivity contribution in [3.8, 4) is 0 Å². The van der Waals surface area contributed by atoms with Gasteiger partial charge in [0.2, 0.25) is 0 Å². The van der Waals surface area contributed by atoms with E-state index < -0.39 is 10.2 Å². The number of unbranched alkanes of at least 4 members (excludes halogenated alkanes) is 5. The number of rotatable bonds is 10. The first-order valence-electron chi connectivity index (χ1n) is 7.95. The van der Waals surface area contributed by atoms with E-state index in [1.54, 1.807) is 0 Å². The Labute approximate surface area is 123 Å². The third kappa shape index (κ3) is 6.52. The average Bonchev–Trinajstić information content (AvgIpc) is 2.46. The van der Waals surface area contributed by atoms with E-state index in [9.17, 15) is 8.42 Å². The molecule has 0 saturated carbocycles. The molecule has 0 aromatic heterocycles. The first-order chi connectivity index (χ1) is 9.60. The molecule has 1 unspecified atom stereocenters. The van der Waals surface area contributed by atoms with E-state index in [0.29, 0.717) is 19.6 Å². The van der Waals surface area contributed by atoms with E-state index in [1.807, 2.05) is 0 Å². The minimum atomic E-state index is -3.35. The molecule has 1 heterocycles. The number of aliphatic hydroxyl groups excluding tert-OH is 1. The van der Waals surface area contributed by atoms with Crippen molar-refractivity contribution in [2.45, 2.75) is 58.3 Å². The van der Waals surface area contributed by atoms with E-state index in [1.165, 1.54) is 30.0 Å². The molecule has 1 saturated heterocycles. The highest BCUT2D eigenvalue weighted by molar-refractivity contribution is 7.87. The van der Waals surface area contributed by atoms with Gasteiger partial charge in [-0.3, -0.25) is 0 Å². The lowest BCUT2D eigenvalue weighted by Crippen LogP contribution is -2.46. The van der Waals surface area contributed by atoms with Crippen LogP contribution in [0.2, 0.25) is 0 Å². The summed E-state index contributed by atoms with van der Waals surface area (Å²) in [4.78, 5) is 0. The van der Waals surface area contributed by atoms with Crippen molar-refractivity contribution < 1.29 is 13.5 Å². The smallest absolute Gasteiger partial charge is 0.279 e. The SMILES string of the molecule is CCCCCCCCNS(=O)(=O)N1CCCC(CO)C1. The van der Waals surface area contributed by atoms with Gasteiger partial charge in [0.05, 0.1) is 0 Å². The maximum atomic E-state index is 12.1. The number of nitrogens with zero attached hydrogens (tertiary/aromatic N) is 1. The van der Waals surface area contributed by atoms with Gasteiger partial charge >= 0.3 is 0 Å². The van der Waals surface area contributed by atoms with Gasteiger partial charge in [-0.2, -0.15) is 12.7 Å². The summed E-state index contributed by atoms with van der Waals surface area (Å²) < 4.78 is 28.4. The van der Waals surface area contributed by atoms with Gasteiger partial charge in [-0.15, -0.1) is 0 Å². The summed E-state index contributed by atoms with van der Waals surface area (Å²) in [6, 6.07) is 0. The summed E-state index contributed by atoms with van der Waals surface area (Å²) in [7, 11) is -3.35. The summed E-state index contributed by atoms with van der Waals surface area (Å²) in [5, 5.41) is 9.15. The molecule has 20 heavy (non-hydrogen) atoms. The highest BCUT2D eigenvalue weighted by atomic mass is 32.2. The number of hydrogen-bond acceptors (Lipinski definition) is 3. The fraction of sp³-hybridized carbons (Fsp3) is 1.00. The quantitative estimate of drug-likeness (QED) is 0.606. The van der Waals surface area contributed by atoms with Crippen LogP contribution < -0.4 is 4.72 Å². The van der Waals surface area contributed by atoms with Gasteiger partial charge < -0.3 is 5.11 Å². The lowest BCUT2D eigenvalue weighted by molar-refractivity contribution is 0.165. The third-order valence-corrected chi connectivity index (χ3v) is 5.48. The van der Waals surface area contributed by atoms with Crippen LogP contribution in [0.15, 0.2) is 0 Å². The molecule has 0 aliphatic carbocycles. The Morgan fingerprint density at radius 1 is 1.20 bits per heavy atom. The van der Waals surface area contributed by atoms with Crippen LogP contribution in [0.1, 0.15) is 58.3 Å². The number of nitrogens with one attached hydrogen (secondary N) is 1. The predicted molar refractivity (Wildman–Crippen MR) is 81.7 cm³/mol. The van der Waals surface area contributed by atoms with Gasteiger partial charge in [-0.05, 0) is 25.2 Å². The summed E-state index contributed by atoms with van der Waals surface area (Å²) in [5.41, 5.74) is 0. The Bertz CT molecular complexity index is 346. The minimum Gasteiger partial charge on any atom is -0.396 e. The van der Waals surface area contributed by atoms with Crippen LogP contribution in [0.25, 0.3) is 0 Å². The van der Waals surface area contributed by atoms with Crippen LogP contribution in [0, 0.1) is 5.92 Å². The van der Waals surface area contributed by atoms with Crippen molar-refractivity contribution >= 4 is 10.2 Å². The van der Waals surface area contributed by atoms with Crippen LogP contribution in [-0.4, -0.2) is 44.1 Å². The van der Waals surface area contributed by atoms with Gasteiger partial charge in [-0.25, -0.2) is 4.72 Å². The largest absolute Gasteiger partial charge is 0.396 e. The van der Waals surface area contributed by atoms with E-state index in [0.717, 1.165) is 25.7 Å². The lowest BCUT2D eigenvalue weighted by Gasteiger charge is -2.30. The van der Waals surface area contributed by atoms with Gasteiger partial charge in [0.25, 0.3) is 10.2 Å². The maximum Gasteiger partial charge on any atom is 0.279 e. The number of hydrogen-bond donors (Lipinski definition) is 2. The first-order valence-corrected chi connectivity index (χ1v) is 9.39. The Morgan fingerprint density at radius 2 is 1.90 bits per heavy atom. The highest BCUT2D eigenvalue weighted by Crippen LogP contribution is 2.17. The van der Waals surface area contributed by atoms with E-state index in [2.05, 4.69) is 11.6 Å². The molecule has 1 rings (SSSR count). The topological polar surface area (TPSA) is 69.6 Å². The Balaban J connectivity index is 2.20. The van der Waals surface area contributed by atoms with Crippen LogP contribution in [0.5, 0.6) is 0 Å². The molecule has 2 N–H and O–H groups in total. The van der Waals surface area contributed by atoms with Crippen LogP contribution >= 0.6 is 0 Å². The molecule has 5 nitrogen and oxygen atoms in total. The molecule has 0 amide bonds. The van der Waals surface area contributed by atoms with Gasteiger partial charge in [0.15, 0.2) is 0 Å². The average molecular weight is 306 g/mol. The molecule has 0 aromatic carbocycles. The van der Waals surface area contributed by atoms with Crippen molar-refractivity contribution in [3.63, 3.8) is 0 Å². The van der Waals surface area contributed by atoms with E-state index in [-0.39, 0.29) is 12.5 Å². The second-order valence-electron chi connectivity index (χ2n) is 5.72. The Morgan fingerprint density at radius 3 is 2.60 bits per heavy atom. The van der Waals surface area contributed by atoms with E-state index in [4.69, 9.17) is 5.11 Å². The molecule has 0 bridgehead atoms. The van der Waals surface area contributed by atoms with Crippen molar-refractivity contribution in [2.75, 3.05) is 26.2 Å². The Hall–Kier alpha value is -0.170. The van der Waals surface area contributed by atoms with Crippen LogP contribution in [0.4, 0.5) is 0 Å². The molecule has 120 valence electrons. The maximum absolute atomic E-state index is 12.1. The lowest BCUT2D eigenvalue weighted by atomic mass is 10.0. The Kier molecular flexibility index (Phi) is 8.68. The molecule has 0 aromatic rings. The zero-order valence-electron chi connectivity index (χ0n) is 12.7. The molecular weight excluding hydrogens is 276 g/mol. The molecule has 1 aliphatic rings. The number of piperidine rings is 1. The minimum absolute atomic E-state index is 0.0729. The summed E-state index contributed by atoms with van der Waals surface area (Å²) in [5.74, 6) is 0.0920. The zero-order chi connectivity index (χ0) is 14.8. The molecule has 1 aliphatic heterocycles. The van der Waals surface area contributed by atoms with Gasteiger partial charge in [-0.1, -0.05) is 39.0 Å². The number of aliphatic hydroxyl groups is 1. The third-order valence-electron chi connectivity index (χ3n) is 3.89. The normalized spacial score (nSPS) is 21.2. The molecule has 0 spiro atoms. The van der Waals surface area contributed by atoms with E-state index >= 15 is 0 Å². The molecule has 1 fully saturated rings. The van der Waals surface area contributed by atoms with Crippen molar-refractivity contribution in [1.29, 1.82) is 0 Å². The molecule has 6 heteroatoms. The van der Waals surface area contributed by atoms with Crippen LogP contribution in [-0.2, 0) is 10.2 Å². The summed E-state index contributed by atoms with van der Waals surface area (Å²) in [6.07, 6.45) is 8.67. The molecule has 0 radical (unpaired) electrons. The monoisotopic (exact) mass is 306 g/mol. The van der Waals surface area contributed by atoms with Gasteiger partial charge in [0, 0.05) is 26.2 Å². The predicted octanol–water partition coefficient (Wildman–Crippen LogP) is 1.89. The van der Waals surface area contributed by atoms with Crippen LogP contribution in [0.3, 0.4) is 0 Å². The fourth-order valence-electron chi connectivity index (χ4n) is 2.59. The zero-order valence-corrected chi connectivity index (χ0v) is 13.5. The van der Waals surface area contributed by atoms with Gasteiger partial charge in [0.1, 0.15) is 0 Å². The van der Waals surface area contributed by atoms with Crippen molar-refractivity contribution in [3.05, 3.63) is 0 Å². The van der Waals surface area contributed by atoms with Crippen molar-refractivity contribution in [2.24, 2.45) is 5.92 Å². The standard InChI is InChI=1S/C14H30N2O3S/c1-2-3-4-5-6-7-10-15-20(18,19)16-11-8-9-14(12-16)13-17/h14-15,17H,2-13H2,1H3. The summed E-state index contributed by atoms with van der Waals surface area (Å²) in [6.45, 7) is 3.80. The summed E-state index contributed by atoms with van der Waals surface area (Å²) >= 11 is 0. The molecular formula is C14H30N2O3S. The molecule has 1 atom stereocenters. The second kappa shape index (κ2) is 9.71. The highest BCUT2D eigenvalue weighted by Gasteiger charge is 2.27. The first kappa shape index (κ1) is 17.9. The van der Waals surface area contributed by atoms with Crippen molar-refractivity contribution in [1.82, 2.24) is 9.03 Å².